The monoisotopic (exact) mass is 243 g/mol. The van der Waals surface area contributed by atoms with Crippen molar-refractivity contribution >= 4 is 21.8 Å². The van der Waals surface area contributed by atoms with E-state index in [-0.39, 0.29) is 12.5 Å². The van der Waals surface area contributed by atoms with Crippen molar-refractivity contribution in [3.05, 3.63) is 16.6 Å². The maximum Gasteiger partial charge on any atom is 0.237 e. The van der Waals surface area contributed by atoms with Gasteiger partial charge in [0.05, 0.1) is 12.0 Å². The van der Waals surface area contributed by atoms with E-state index < -0.39 is 0 Å². The normalized spacial score (nSPS) is 16.1. The minimum absolute atomic E-state index is 0.227. The first-order chi connectivity index (χ1) is 6.18. The van der Waals surface area contributed by atoms with Crippen molar-refractivity contribution in [2.75, 3.05) is 0 Å². The maximum atomic E-state index is 10.7. The fourth-order valence-corrected chi connectivity index (χ4v) is 2.06. The van der Waals surface area contributed by atoms with Gasteiger partial charge in [0.1, 0.15) is 11.1 Å². The van der Waals surface area contributed by atoms with E-state index in [0.717, 1.165) is 10.3 Å². The third kappa shape index (κ3) is 1.75. The number of nitrogens with two attached hydrogens (primary N) is 1. The topological polar surface area (TPSA) is 60.9 Å². The van der Waals surface area contributed by atoms with Crippen LogP contribution in [0.4, 0.5) is 0 Å². The average Bonchev–Trinajstić information content (AvgIpc) is 2.79. The number of imidazole rings is 1. The zero-order valence-corrected chi connectivity index (χ0v) is 8.62. The average molecular weight is 244 g/mol. The fourth-order valence-electron chi connectivity index (χ4n) is 1.42. The lowest BCUT2D eigenvalue weighted by atomic mass is 10.3. The van der Waals surface area contributed by atoms with Crippen LogP contribution >= 0.6 is 15.9 Å². The van der Waals surface area contributed by atoms with Gasteiger partial charge >= 0.3 is 0 Å². The van der Waals surface area contributed by atoms with Crippen LogP contribution in [0, 0.1) is 0 Å². The summed E-state index contributed by atoms with van der Waals surface area (Å²) in [6.07, 6.45) is 4.02. The van der Waals surface area contributed by atoms with Crippen LogP contribution in [0.15, 0.2) is 10.9 Å². The Balaban J connectivity index is 2.28. The molecule has 0 atom stereocenters. The van der Waals surface area contributed by atoms with E-state index in [2.05, 4.69) is 20.9 Å². The van der Waals surface area contributed by atoms with Crippen LogP contribution < -0.4 is 5.73 Å². The van der Waals surface area contributed by atoms with Crippen molar-refractivity contribution in [2.45, 2.75) is 25.3 Å². The number of carbonyl (C=O) groups is 1. The third-order valence-electron chi connectivity index (χ3n) is 2.12. The molecule has 0 aliphatic heterocycles. The number of aromatic nitrogens is 2. The van der Waals surface area contributed by atoms with Crippen LogP contribution in [-0.2, 0) is 11.3 Å². The van der Waals surface area contributed by atoms with Gasteiger partial charge in [0, 0.05) is 5.92 Å². The molecule has 1 aliphatic carbocycles. The molecule has 1 aromatic heterocycles. The molecule has 1 heterocycles. The summed E-state index contributed by atoms with van der Waals surface area (Å²) in [5, 5.41) is 0. The molecule has 1 fully saturated rings. The molecule has 1 aromatic rings. The molecule has 5 heteroatoms. The first-order valence-corrected chi connectivity index (χ1v) is 4.96. The summed E-state index contributed by atoms with van der Waals surface area (Å²) in [5.41, 5.74) is 6.23. The van der Waals surface area contributed by atoms with E-state index in [4.69, 9.17) is 5.73 Å². The van der Waals surface area contributed by atoms with E-state index in [0.29, 0.717) is 5.92 Å². The Hall–Kier alpha value is -0.840. The Kier molecular flexibility index (Phi) is 2.11. The lowest BCUT2D eigenvalue weighted by Gasteiger charge is -2.03. The number of hydrogen-bond donors (Lipinski definition) is 1. The quantitative estimate of drug-likeness (QED) is 0.862. The van der Waals surface area contributed by atoms with Crippen molar-refractivity contribution in [1.29, 1.82) is 0 Å². The minimum Gasteiger partial charge on any atom is -0.368 e. The third-order valence-corrected chi connectivity index (χ3v) is 2.73. The molecule has 0 spiro atoms. The Morgan fingerprint density at radius 2 is 2.46 bits per heavy atom. The molecular weight excluding hydrogens is 234 g/mol. The number of amides is 1. The van der Waals surface area contributed by atoms with Crippen LogP contribution in [0.1, 0.15) is 24.5 Å². The van der Waals surface area contributed by atoms with Gasteiger partial charge in [-0.3, -0.25) is 4.79 Å². The zero-order chi connectivity index (χ0) is 9.42. The lowest BCUT2D eigenvalue weighted by Crippen LogP contribution is -2.19. The lowest BCUT2D eigenvalue weighted by molar-refractivity contribution is -0.118. The number of halogens is 1. The van der Waals surface area contributed by atoms with E-state index in [1.165, 1.54) is 12.8 Å². The minimum atomic E-state index is -0.327. The Labute approximate surface area is 84.3 Å². The van der Waals surface area contributed by atoms with E-state index in [9.17, 15) is 4.79 Å². The van der Waals surface area contributed by atoms with Crippen molar-refractivity contribution in [3.8, 4) is 0 Å². The highest BCUT2D eigenvalue weighted by Gasteiger charge is 2.29. The van der Waals surface area contributed by atoms with Gasteiger partial charge in [0.2, 0.25) is 5.91 Å². The summed E-state index contributed by atoms with van der Waals surface area (Å²) in [4.78, 5) is 14.8. The molecule has 2 rings (SSSR count). The molecule has 0 radical (unpaired) electrons. The first kappa shape index (κ1) is 8.74. The van der Waals surface area contributed by atoms with Crippen LogP contribution in [0.5, 0.6) is 0 Å². The molecule has 13 heavy (non-hydrogen) atoms. The van der Waals surface area contributed by atoms with Crippen LogP contribution in [0.25, 0.3) is 0 Å². The second-order valence-corrected chi connectivity index (χ2v) is 4.04. The van der Waals surface area contributed by atoms with Gasteiger partial charge in [0.25, 0.3) is 0 Å². The summed E-state index contributed by atoms with van der Waals surface area (Å²) < 4.78 is 2.67. The molecule has 0 aromatic carbocycles. The van der Waals surface area contributed by atoms with Crippen molar-refractivity contribution in [3.63, 3.8) is 0 Å². The van der Waals surface area contributed by atoms with Crippen molar-refractivity contribution in [1.82, 2.24) is 9.55 Å². The first-order valence-electron chi connectivity index (χ1n) is 4.17. The van der Waals surface area contributed by atoms with E-state index in [1.807, 2.05) is 4.57 Å². The molecule has 2 N–H and O–H groups in total. The number of rotatable bonds is 3. The SMILES string of the molecule is NC(=O)Cn1cnc(Br)c1C1CC1. The number of carbonyl (C=O) groups excluding carboxylic acids is 1. The molecule has 70 valence electrons. The molecule has 1 saturated carbocycles. The summed E-state index contributed by atoms with van der Waals surface area (Å²) in [5.74, 6) is 0.239. The van der Waals surface area contributed by atoms with Gasteiger partial charge in [-0.2, -0.15) is 0 Å². The molecule has 1 aliphatic rings. The maximum absolute atomic E-state index is 10.7. The summed E-state index contributed by atoms with van der Waals surface area (Å²) >= 11 is 3.36. The second kappa shape index (κ2) is 3.14. The van der Waals surface area contributed by atoms with Crippen LogP contribution in [0.3, 0.4) is 0 Å². The van der Waals surface area contributed by atoms with Crippen LogP contribution in [0.2, 0.25) is 0 Å². The van der Waals surface area contributed by atoms with Gasteiger partial charge in [-0.1, -0.05) is 0 Å². The van der Waals surface area contributed by atoms with Crippen molar-refractivity contribution in [2.24, 2.45) is 5.73 Å². The van der Waals surface area contributed by atoms with Gasteiger partial charge in [-0.05, 0) is 28.8 Å². The highest BCUT2D eigenvalue weighted by atomic mass is 79.9. The van der Waals surface area contributed by atoms with Crippen molar-refractivity contribution < 1.29 is 4.79 Å². The molecule has 0 bridgehead atoms. The second-order valence-electron chi connectivity index (χ2n) is 3.29. The summed E-state index contributed by atoms with van der Waals surface area (Å²) in [6, 6.07) is 0. The van der Waals surface area contributed by atoms with Gasteiger partial charge in [0.15, 0.2) is 0 Å². The van der Waals surface area contributed by atoms with Gasteiger partial charge < -0.3 is 10.3 Å². The Bertz CT molecular complexity index is 343. The number of primary amides is 1. The summed E-state index contributed by atoms with van der Waals surface area (Å²) in [7, 11) is 0. The van der Waals surface area contributed by atoms with E-state index in [1.54, 1.807) is 6.33 Å². The molecule has 0 saturated heterocycles. The molecule has 1 amide bonds. The largest absolute Gasteiger partial charge is 0.368 e. The van der Waals surface area contributed by atoms with Gasteiger partial charge in [-0.25, -0.2) is 4.98 Å². The van der Waals surface area contributed by atoms with E-state index >= 15 is 0 Å². The molecule has 4 nitrogen and oxygen atoms in total. The van der Waals surface area contributed by atoms with Crippen LogP contribution in [-0.4, -0.2) is 15.5 Å². The zero-order valence-electron chi connectivity index (χ0n) is 7.03. The predicted molar refractivity (Wildman–Crippen MR) is 51.1 cm³/mol. The predicted octanol–water partition coefficient (Wildman–Crippen LogP) is 1.01. The Morgan fingerprint density at radius 1 is 1.77 bits per heavy atom. The fraction of sp³-hybridized carbons (Fsp3) is 0.500. The Morgan fingerprint density at radius 3 is 3.00 bits per heavy atom. The highest BCUT2D eigenvalue weighted by molar-refractivity contribution is 9.10. The highest BCUT2D eigenvalue weighted by Crippen LogP contribution is 2.42. The standard InChI is InChI=1S/C8H10BrN3O/c9-8-7(5-1-2-5)12(4-11-8)3-6(10)13/h4-5H,1-3H2,(H2,10,13). The summed E-state index contributed by atoms with van der Waals surface area (Å²) in [6.45, 7) is 0.227. The van der Waals surface area contributed by atoms with Gasteiger partial charge in [-0.15, -0.1) is 0 Å². The smallest absolute Gasteiger partial charge is 0.237 e. The number of hydrogen-bond acceptors (Lipinski definition) is 2. The number of nitrogens with zero attached hydrogens (tertiary/aromatic N) is 2. The molecular formula is C8H10BrN3O. The molecule has 0 unspecified atom stereocenters.